The lowest BCUT2D eigenvalue weighted by Crippen LogP contribution is -2.33. The van der Waals surface area contributed by atoms with Crippen molar-refractivity contribution in [1.82, 2.24) is 0 Å². The number of ketones is 1. The summed E-state index contributed by atoms with van der Waals surface area (Å²) in [7, 11) is 0. The van der Waals surface area contributed by atoms with Crippen molar-refractivity contribution in [3.05, 3.63) is 12.2 Å². The largest absolute Gasteiger partial charge is 0.298 e. The molecule has 13 heavy (non-hydrogen) atoms. The quantitative estimate of drug-likeness (QED) is 0.521. The monoisotopic (exact) mass is 178 g/mol. The van der Waals surface area contributed by atoms with Crippen molar-refractivity contribution < 1.29 is 4.79 Å². The molecule has 0 aliphatic heterocycles. The molecule has 2 rings (SSSR count). The third-order valence-electron chi connectivity index (χ3n) is 3.61. The van der Waals surface area contributed by atoms with Gasteiger partial charge >= 0.3 is 0 Å². The van der Waals surface area contributed by atoms with Gasteiger partial charge in [-0.05, 0) is 24.2 Å². The standard InChI is InChI=1S/C12H18O/c1-12(2,3)10-6-8-4-5-9(7-10)11(8)13/h4-5,8-10H,6-7H2,1-3H3/t8-,9+,10?. The van der Waals surface area contributed by atoms with Crippen LogP contribution in [-0.4, -0.2) is 5.78 Å². The average molecular weight is 178 g/mol. The van der Waals surface area contributed by atoms with Gasteiger partial charge in [-0.1, -0.05) is 32.9 Å². The van der Waals surface area contributed by atoms with Crippen molar-refractivity contribution in [2.45, 2.75) is 33.6 Å². The molecule has 0 N–H and O–H groups in total. The molecule has 0 aromatic rings. The van der Waals surface area contributed by atoms with Crippen LogP contribution in [0.2, 0.25) is 0 Å². The Morgan fingerprint density at radius 2 is 1.62 bits per heavy atom. The van der Waals surface area contributed by atoms with Crippen LogP contribution in [-0.2, 0) is 4.79 Å². The SMILES string of the molecule is CC(C)(C)C1C[C@H]2C=C[C@@H](C1)C2=O. The minimum absolute atomic E-state index is 0.253. The van der Waals surface area contributed by atoms with Gasteiger partial charge in [0.05, 0.1) is 0 Å². The Morgan fingerprint density at radius 1 is 1.15 bits per heavy atom. The Labute approximate surface area is 80.2 Å². The first kappa shape index (κ1) is 8.98. The zero-order valence-corrected chi connectivity index (χ0v) is 8.71. The fourth-order valence-electron chi connectivity index (χ4n) is 2.54. The molecule has 1 unspecified atom stereocenters. The lowest BCUT2D eigenvalue weighted by atomic mass is 9.68. The third kappa shape index (κ3) is 1.45. The van der Waals surface area contributed by atoms with Gasteiger partial charge in [0.25, 0.3) is 0 Å². The molecule has 2 aliphatic rings. The molecule has 3 atom stereocenters. The van der Waals surface area contributed by atoms with Crippen LogP contribution in [0.1, 0.15) is 33.6 Å². The molecular formula is C12H18O. The highest BCUT2D eigenvalue weighted by Gasteiger charge is 2.41. The second kappa shape index (κ2) is 2.70. The van der Waals surface area contributed by atoms with Crippen LogP contribution in [0.5, 0.6) is 0 Å². The van der Waals surface area contributed by atoms with Gasteiger partial charge in [-0.3, -0.25) is 4.79 Å². The summed E-state index contributed by atoms with van der Waals surface area (Å²) in [4.78, 5) is 11.6. The molecule has 2 aliphatic carbocycles. The molecule has 1 heteroatoms. The number of Topliss-reactive ketones (excluding diaryl/α,β-unsaturated/α-hetero) is 1. The minimum atomic E-state index is 0.253. The Balaban J connectivity index is 2.14. The van der Waals surface area contributed by atoms with Gasteiger partial charge in [-0.25, -0.2) is 0 Å². The first-order valence-electron chi connectivity index (χ1n) is 5.20. The van der Waals surface area contributed by atoms with Crippen molar-refractivity contribution >= 4 is 5.78 Å². The lowest BCUT2D eigenvalue weighted by Gasteiger charge is -2.36. The Morgan fingerprint density at radius 3 is 2.00 bits per heavy atom. The van der Waals surface area contributed by atoms with E-state index in [2.05, 4.69) is 32.9 Å². The predicted octanol–water partition coefficient (Wildman–Crippen LogP) is 2.81. The van der Waals surface area contributed by atoms with Gasteiger partial charge in [0.15, 0.2) is 0 Å². The maximum atomic E-state index is 11.6. The number of fused-ring (bicyclic) bond motifs is 2. The molecule has 2 bridgehead atoms. The van der Waals surface area contributed by atoms with Crippen molar-refractivity contribution in [2.75, 3.05) is 0 Å². The smallest absolute Gasteiger partial charge is 0.146 e. The van der Waals surface area contributed by atoms with E-state index in [9.17, 15) is 4.79 Å². The maximum absolute atomic E-state index is 11.6. The van der Waals surface area contributed by atoms with Crippen LogP contribution in [0.4, 0.5) is 0 Å². The number of hydrogen-bond donors (Lipinski definition) is 0. The Hall–Kier alpha value is -0.590. The summed E-state index contributed by atoms with van der Waals surface area (Å²) in [5, 5.41) is 0. The second-order valence-electron chi connectivity index (χ2n) is 5.53. The van der Waals surface area contributed by atoms with Crippen LogP contribution >= 0.6 is 0 Å². The number of rotatable bonds is 0. The summed E-state index contributed by atoms with van der Waals surface area (Å²) in [6.07, 6.45) is 6.40. The number of carbonyl (C=O) groups excluding carboxylic acids is 1. The first-order valence-corrected chi connectivity index (χ1v) is 5.20. The second-order valence-corrected chi connectivity index (χ2v) is 5.53. The first-order chi connectivity index (χ1) is 5.98. The summed E-state index contributed by atoms with van der Waals surface area (Å²) in [6, 6.07) is 0. The van der Waals surface area contributed by atoms with E-state index < -0.39 is 0 Å². The molecule has 1 saturated carbocycles. The van der Waals surface area contributed by atoms with E-state index in [1.165, 1.54) is 0 Å². The normalized spacial score (nSPS) is 38.4. The van der Waals surface area contributed by atoms with Gasteiger partial charge in [0.2, 0.25) is 0 Å². The summed E-state index contributed by atoms with van der Waals surface area (Å²) < 4.78 is 0. The maximum Gasteiger partial charge on any atom is 0.146 e. The predicted molar refractivity (Wildman–Crippen MR) is 53.3 cm³/mol. The van der Waals surface area contributed by atoms with E-state index in [1.54, 1.807) is 0 Å². The molecular weight excluding hydrogens is 160 g/mol. The van der Waals surface area contributed by atoms with Crippen molar-refractivity contribution in [1.29, 1.82) is 0 Å². The Kier molecular flexibility index (Phi) is 1.86. The van der Waals surface area contributed by atoms with E-state index in [4.69, 9.17) is 0 Å². The van der Waals surface area contributed by atoms with Gasteiger partial charge in [-0.2, -0.15) is 0 Å². The number of carbonyl (C=O) groups is 1. The molecule has 0 saturated heterocycles. The minimum Gasteiger partial charge on any atom is -0.298 e. The topological polar surface area (TPSA) is 17.1 Å². The fraction of sp³-hybridized carbons (Fsp3) is 0.750. The van der Waals surface area contributed by atoms with Crippen LogP contribution in [0, 0.1) is 23.2 Å². The third-order valence-corrected chi connectivity index (χ3v) is 3.61. The Bertz CT molecular complexity index is 239. The highest BCUT2D eigenvalue weighted by Crippen LogP contribution is 2.44. The van der Waals surface area contributed by atoms with Crippen molar-refractivity contribution in [3.63, 3.8) is 0 Å². The van der Waals surface area contributed by atoms with Crippen molar-refractivity contribution in [3.8, 4) is 0 Å². The van der Waals surface area contributed by atoms with Crippen LogP contribution in [0.3, 0.4) is 0 Å². The zero-order valence-electron chi connectivity index (χ0n) is 8.71. The van der Waals surface area contributed by atoms with Gasteiger partial charge < -0.3 is 0 Å². The van der Waals surface area contributed by atoms with Gasteiger partial charge in [-0.15, -0.1) is 0 Å². The summed E-state index contributed by atoms with van der Waals surface area (Å²) in [6.45, 7) is 6.85. The summed E-state index contributed by atoms with van der Waals surface area (Å²) in [5.74, 6) is 1.70. The van der Waals surface area contributed by atoms with Gasteiger partial charge in [0.1, 0.15) is 5.78 Å². The van der Waals surface area contributed by atoms with Crippen LogP contribution in [0.15, 0.2) is 12.2 Å². The van der Waals surface area contributed by atoms with Crippen LogP contribution < -0.4 is 0 Å². The zero-order chi connectivity index (χ0) is 9.64. The fourth-order valence-corrected chi connectivity index (χ4v) is 2.54. The molecule has 1 nitrogen and oxygen atoms in total. The van der Waals surface area contributed by atoms with Crippen LogP contribution in [0.25, 0.3) is 0 Å². The summed E-state index contributed by atoms with van der Waals surface area (Å²) in [5.41, 5.74) is 0.364. The average Bonchev–Trinajstić information content (AvgIpc) is 2.29. The molecule has 0 amide bonds. The lowest BCUT2D eigenvalue weighted by molar-refractivity contribution is -0.126. The number of hydrogen-bond acceptors (Lipinski definition) is 1. The van der Waals surface area contributed by atoms with E-state index in [1.807, 2.05) is 0 Å². The molecule has 0 aromatic carbocycles. The van der Waals surface area contributed by atoms with E-state index in [0.29, 0.717) is 11.2 Å². The molecule has 1 fully saturated rings. The van der Waals surface area contributed by atoms with E-state index >= 15 is 0 Å². The van der Waals surface area contributed by atoms with E-state index in [-0.39, 0.29) is 11.8 Å². The molecule has 0 heterocycles. The molecule has 0 radical (unpaired) electrons. The van der Waals surface area contributed by atoms with Crippen molar-refractivity contribution in [2.24, 2.45) is 23.2 Å². The molecule has 0 spiro atoms. The van der Waals surface area contributed by atoms with Gasteiger partial charge in [0, 0.05) is 11.8 Å². The highest BCUT2D eigenvalue weighted by atomic mass is 16.1. The van der Waals surface area contributed by atoms with E-state index in [0.717, 1.165) is 18.8 Å². The molecule has 72 valence electrons. The molecule has 0 aromatic heterocycles. The highest BCUT2D eigenvalue weighted by molar-refractivity contribution is 5.90. The number of allylic oxidation sites excluding steroid dienone is 2. The summed E-state index contributed by atoms with van der Waals surface area (Å²) >= 11 is 0.